The second kappa shape index (κ2) is 14.6. The molecule has 1 heterocycles. The fraction of sp³-hybridized carbons (Fsp3) is 0.320. The molecule has 8 nitrogen and oxygen atoms in total. The quantitative estimate of drug-likeness (QED) is 0.0476. The van der Waals surface area contributed by atoms with E-state index in [-0.39, 0.29) is 37.6 Å². The van der Waals surface area contributed by atoms with Crippen molar-refractivity contribution < 1.29 is 37.2 Å². The lowest BCUT2D eigenvalue weighted by Crippen LogP contribution is -2.11. The third kappa shape index (κ3) is 9.22. The molecule has 12 heteroatoms. The molecule has 0 spiro atoms. The SMILES string of the molecule is CCOP(=O)(OCC)OCCCCOC(=O)c1cccc(C(=O)Oc2ccc(-c3cc(=S)ss3)cc2)c1. The van der Waals surface area contributed by atoms with Crippen LogP contribution in [-0.4, -0.2) is 38.4 Å². The molecule has 0 saturated carbocycles. The van der Waals surface area contributed by atoms with Crippen LogP contribution in [0.15, 0.2) is 54.6 Å². The summed E-state index contributed by atoms with van der Waals surface area (Å²) in [5.74, 6) is -0.757. The van der Waals surface area contributed by atoms with E-state index in [2.05, 4.69) is 0 Å². The summed E-state index contributed by atoms with van der Waals surface area (Å²) in [6, 6.07) is 15.2. The van der Waals surface area contributed by atoms with Gasteiger partial charge in [0.2, 0.25) is 0 Å². The number of rotatable bonds is 14. The summed E-state index contributed by atoms with van der Waals surface area (Å²) in [5.41, 5.74) is 1.45. The van der Waals surface area contributed by atoms with Crippen LogP contribution in [0.4, 0.5) is 0 Å². The molecule has 2 aromatic carbocycles. The van der Waals surface area contributed by atoms with Crippen LogP contribution in [0.1, 0.15) is 47.4 Å². The second-order valence-corrected chi connectivity index (χ2v) is 12.0. The van der Waals surface area contributed by atoms with E-state index in [0.717, 1.165) is 14.3 Å². The molecule has 1 aromatic heterocycles. The highest BCUT2D eigenvalue weighted by atomic mass is 32.9. The average molecular weight is 583 g/mol. The summed E-state index contributed by atoms with van der Waals surface area (Å²) in [6.45, 7) is 4.09. The molecule has 0 bridgehead atoms. The number of carbonyl (C=O) groups excluding carboxylic acids is 2. The zero-order valence-electron chi connectivity index (χ0n) is 20.4. The van der Waals surface area contributed by atoms with E-state index < -0.39 is 19.8 Å². The van der Waals surface area contributed by atoms with Gasteiger partial charge in [-0.2, -0.15) is 0 Å². The zero-order chi connectivity index (χ0) is 26.7. The van der Waals surface area contributed by atoms with Gasteiger partial charge in [0.1, 0.15) is 9.57 Å². The fourth-order valence-electron chi connectivity index (χ4n) is 3.06. The van der Waals surface area contributed by atoms with Gasteiger partial charge in [0.25, 0.3) is 0 Å². The van der Waals surface area contributed by atoms with Crippen molar-refractivity contribution >= 4 is 52.7 Å². The van der Waals surface area contributed by atoms with E-state index in [0.29, 0.717) is 18.6 Å². The van der Waals surface area contributed by atoms with E-state index in [1.165, 1.54) is 16.4 Å². The molecule has 0 aliphatic heterocycles. The first-order valence-electron chi connectivity index (χ1n) is 11.6. The lowest BCUT2D eigenvalue weighted by molar-refractivity contribution is 0.0488. The van der Waals surface area contributed by atoms with E-state index in [1.54, 1.807) is 54.5 Å². The normalized spacial score (nSPS) is 11.3. The van der Waals surface area contributed by atoms with Gasteiger partial charge >= 0.3 is 19.8 Å². The molecule has 0 atom stereocenters. The topological polar surface area (TPSA) is 97.4 Å². The number of ether oxygens (including phenoxy) is 2. The number of phosphoric ester groups is 1. The Hall–Kier alpha value is -2.24. The molecule has 0 radical (unpaired) electrons. The Labute approximate surface area is 228 Å². The van der Waals surface area contributed by atoms with Gasteiger partial charge in [-0.3, -0.25) is 13.6 Å². The highest BCUT2D eigenvalue weighted by Crippen LogP contribution is 2.49. The maximum absolute atomic E-state index is 12.6. The Morgan fingerprint density at radius 1 is 0.838 bits per heavy atom. The van der Waals surface area contributed by atoms with Gasteiger partial charge in [-0.15, -0.1) is 0 Å². The van der Waals surface area contributed by atoms with Gasteiger partial charge in [0, 0.05) is 4.88 Å². The van der Waals surface area contributed by atoms with Gasteiger partial charge in [-0.25, -0.2) is 14.2 Å². The van der Waals surface area contributed by atoms with Crippen molar-refractivity contribution in [3.05, 3.63) is 69.5 Å². The molecule has 0 amide bonds. The maximum Gasteiger partial charge on any atom is 0.474 e. The number of unbranched alkanes of at least 4 members (excludes halogenated alkanes) is 1. The molecule has 0 saturated heterocycles. The molecule has 0 aliphatic carbocycles. The Balaban J connectivity index is 1.46. The molecule has 37 heavy (non-hydrogen) atoms. The van der Waals surface area contributed by atoms with Crippen LogP contribution in [0, 0.1) is 3.82 Å². The Morgan fingerprint density at radius 3 is 2.11 bits per heavy atom. The summed E-state index contributed by atoms with van der Waals surface area (Å²) < 4.78 is 39.1. The first kappa shape index (κ1) is 29.3. The van der Waals surface area contributed by atoms with Gasteiger partial charge in [-0.05, 0) is 80.8 Å². The molecule has 0 aliphatic rings. The maximum atomic E-state index is 12.6. The summed E-state index contributed by atoms with van der Waals surface area (Å²) in [4.78, 5) is 26.1. The van der Waals surface area contributed by atoms with Crippen LogP contribution in [0.5, 0.6) is 5.75 Å². The largest absolute Gasteiger partial charge is 0.474 e. The number of hydrogen-bond acceptors (Lipinski definition) is 11. The molecular formula is C25H27O8PS3. The zero-order valence-corrected chi connectivity index (χ0v) is 23.7. The van der Waals surface area contributed by atoms with Crippen LogP contribution in [0.25, 0.3) is 10.4 Å². The number of esters is 2. The van der Waals surface area contributed by atoms with Crippen molar-refractivity contribution in [2.24, 2.45) is 0 Å². The standard InChI is InChI=1S/C25H27O8PS3/c1-3-30-34(28,31-4-2)32-15-6-5-14-29-24(26)19-8-7-9-20(16-19)25(27)33-21-12-10-18(11-13-21)22-17-23(35)37-36-22/h7-13,16-17H,3-6,14-15H2,1-2H3. The summed E-state index contributed by atoms with van der Waals surface area (Å²) in [5, 5.41) is 0. The monoisotopic (exact) mass is 582 g/mol. The number of benzene rings is 2. The van der Waals surface area contributed by atoms with Crippen LogP contribution in [0.2, 0.25) is 0 Å². The molecule has 0 fully saturated rings. The number of hydrogen-bond donors (Lipinski definition) is 0. The minimum Gasteiger partial charge on any atom is -0.462 e. The van der Waals surface area contributed by atoms with Crippen molar-refractivity contribution in [1.29, 1.82) is 0 Å². The van der Waals surface area contributed by atoms with E-state index >= 15 is 0 Å². The van der Waals surface area contributed by atoms with Crippen LogP contribution >= 0.6 is 40.7 Å². The average Bonchev–Trinajstić information content (AvgIpc) is 3.33. The van der Waals surface area contributed by atoms with Crippen LogP contribution in [0.3, 0.4) is 0 Å². The Morgan fingerprint density at radius 2 is 1.49 bits per heavy atom. The Kier molecular flexibility index (Phi) is 11.6. The summed E-state index contributed by atoms with van der Waals surface area (Å²) in [7, 11) is -0.415. The molecule has 0 N–H and O–H groups in total. The molecule has 198 valence electrons. The first-order chi connectivity index (χ1) is 17.8. The van der Waals surface area contributed by atoms with Crippen molar-refractivity contribution in [1.82, 2.24) is 0 Å². The van der Waals surface area contributed by atoms with Gasteiger partial charge < -0.3 is 9.47 Å². The molecule has 3 rings (SSSR count). The van der Waals surface area contributed by atoms with Gasteiger partial charge in [0.15, 0.2) is 0 Å². The first-order valence-corrected chi connectivity index (χ1v) is 15.6. The van der Waals surface area contributed by atoms with Crippen molar-refractivity contribution in [3.8, 4) is 16.2 Å². The lowest BCUT2D eigenvalue weighted by Gasteiger charge is -2.16. The molecular weight excluding hydrogens is 555 g/mol. The highest BCUT2D eigenvalue weighted by Gasteiger charge is 2.24. The van der Waals surface area contributed by atoms with E-state index in [9.17, 15) is 14.2 Å². The third-order valence-electron chi connectivity index (χ3n) is 4.74. The lowest BCUT2D eigenvalue weighted by atomic mass is 10.1. The Bertz CT molecular complexity index is 1280. The minimum atomic E-state index is -3.55. The van der Waals surface area contributed by atoms with Crippen LogP contribution in [-0.2, 0) is 22.9 Å². The number of phosphoric acid groups is 1. The summed E-state index contributed by atoms with van der Waals surface area (Å²) >= 11 is 5.17. The fourth-order valence-corrected chi connectivity index (χ4v) is 6.67. The van der Waals surface area contributed by atoms with Gasteiger partial charge in [-0.1, -0.05) is 39.0 Å². The minimum absolute atomic E-state index is 0.134. The third-order valence-corrected chi connectivity index (χ3v) is 9.30. The van der Waals surface area contributed by atoms with Crippen molar-refractivity contribution in [3.63, 3.8) is 0 Å². The smallest absolute Gasteiger partial charge is 0.462 e. The predicted molar refractivity (Wildman–Crippen MR) is 146 cm³/mol. The van der Waals surface area contributed by atoms with E-state index in [1.807, 2.05) is 18.2 Å². The van der Waals surface area contributed by atoms with E-state index in [4.69, 9.17) is 35.3 Å². The highest BCUT2D eigenvalue weighted by molar-refractivity contribution is 7.80. The van der Waals surface area contributed by atoms with Crippen LogP contribution < -0.4 is 4.74 Å². The number of carbonyl (C=O) groups is 2. The second-order valence-electron chi connectivity index (χ2n) is 7.45. The van der Waals surface area contributed by atoms with Crippen molar-refractivity contribution in [2.45, 2.75) is 26.7 Å². The summed E-state index contributed by atoms with van der Waals surface area (Å²) in [6.07, 6.45) is 0.978. The molecule has 3 aromatic rings. The van der Waals surface area contributed by atoms with Crippen molar-refractivity contribution in [2.75, 3.05) is 26.4 Å². The molecule has 0 unspecified atom stereocenters. The van der Waals surface area contributed by atoms with Gasteiger partial charge in [0.05, 0.1) is 37.6 Å². The predicted octanol–water partition coefficient (Wildman–Crippen LogP) is 7.56.